The first-order valence-electron chi connectivity index (χ1n) is 16.8. The lowest BCUT2D eigenvalue weighted by atomic mass is 9.93. The number of nitrogens with zero attached hydrogens (tertiary/aromatic N) is 2. The first kappa shape index (κ1) is 33.2. The van der Waals surface area contributed by atoms with E-state index in [0.717, 1.165) is 0 Å². The van der Waals surface area contributed by atoms with Gasteiger partial charge in [-0.05, 0) is 26.2 Å². The molecule has 0 fully saturated rings. The second kappa shape index (κ2) is 24.5. The van der Waals surface area contributed by atoms with Crippen molar-refractivity contribution in [2.75, 3.05) is 0 Å². The van der Waals surface area contributed by atoms with Crippen LogP contribution in [0.3, 0.4) is 0 Å². The second-order valence-electron chi connectivity index (χ2n) is 11.8. The van der Waals surface area contributed by atoms with Gasteiger partial charge in [0.2, 0.25) is 0 Å². The minimum Gasteiger partial charge on any atom is -0.332 e. The summed E-state index contributed by atoms with van der Waals surface area (Å²) < 4.78 is 2.53. The van der Waals surface area contributed by atoms with Gasteiger partial charge in [-0.3, -0.25) is 0 Å². The third kappa shape index (κ3) is 16.9. The highest BCUT2D eigenvalue weighted by Gasteiger charge is 2.19. The van der Waals surface area contributed by atoms with E-state index >= 15 is 0 Å². The van der Waals surface area contributed by atoms with E-state index in [0.29, 0.717) is 12.0 Å². The summed E-state index contributed by atoms with van der Waals surface area (Å²) in [7, 11) is 0. The highest BCUT2D eigenvalue weighted by atomic mass is 15.1. The van der Waals surface area contributed by atoms with E-state index in [1.54, 1.807) is 0 Å². The number of unbranched alkanes of at least 4 members (excludes halogenated alkanes) is 19. The van der Waals surface area contributed by atoms with Crippen LogP contribution in [-0.2, 0) is 0 Å². The number of hydrogen-bond acceptors (Lipinski definition) is 1. The molecule has 0 radical (unpaired) electrons. The zero-order valence-electron chi connectivity index (χ0n) is 25.4. The van der Waals surface area contributed by atoms with Gasteiger partial charge in [-0.1, -0.05) is 162 Å². The van der Waals surface area contributed by atoms with Gasteiger partial charge >= 0.3 is 0 Å². The van der Waals surface area contributed by atoms with Crippen molar-refractivity contribution < 1.29 is 0 Å². The number of rotatable bonds is 27. The molecule has 0 bridgehead atoms. The monoisotopic (exact) mass is 503 g/mol. The van der Waals surface area contributed by atoms with E-state index < -0.39 is 0 Å². The van der Waals surface area contributed by atoms with Crippen LogP contribution in [0.15, 0.2) is 12.4 Å². The molecule has 0 aliphatic heterocycles. The molecule has 0 amide bonds. The fourth-order valence-corrected chi connectivity index (χ4v) is 5.81. The molecule has 0 saturated carbocycles. The van der Waals surface area contributed by atoms with Crippen LogP contribution < -0.4 is 0 Å². The minimum atomic E-state index is 0.592. The van der Waals surface area contributed by atoms with Gasteiger partial charge in [0, 0.05) is 24.4 Å². The van der Waals surface area contributed by atoms with Crippen LogP contribution in [-0.4, -0.2) is 9.55 Å². The smallest absolute Gasteiger partial charge is 0.111 e. The normalized spacial score (nSPS) is 13.3. The molecule has 0 aliphatic rings. The van der Waals surface area contributed by atoms with E-state index in [-0.39, 0.29) is 0 Å². The van der Waals surface area contributed by atoms with Crippen molar-refractivity contribution in [3.8, 4) is 0 Å². The van der Waals surface area contributed by atoms with E-state index in [2.05, 4.69) is 44.7 Å². The molecule has 0 N–H and O–H groups in total. The van der Waals surface area contributed by atoms with E-state index in [1.807, 2.05) is 0 Å². The van der Waals surface area contributed by atoms with E-state index in [9.17, 15) is 0 Å². The minimum absolute atomic E-state index is 0.592. The summed E-state index contributed by atoms with van der Waals surface area (Å²) in [5.41, 5.74) is 0. The van der Waals surface area contributed by atoms with Crippen LogP contribution in [0.1, 0.15) is 206 Å². The fourth-order valence-electron chi connectivity index (χ4n) is 5.81. The molecule has 1 rings (SSSR count). The molecule has 1 aromatic heterocycles. The average Bonchev–Trinajstić information content (AvgIpc) is 3.38. The maximum absolute atomic E-state index is 4.89. The Morgan fingerprint density at radius 1 is 0.528 bits per heavy atom. The molecule has 2 nitrogen and oxygen atoms in total. The molecule has 0 aliphatic carbocycles. The largest absolute Gasteiger partial charge is 0.332 e. The number of imidazole rings is 1. The third-order valence-corrected chi connectivity index (χ3v) is 8.33. The Labute approximate surface area is 227 Å². The zero-order valence-corrected chi connectivity index (χ0v) is 25.4. The first-order valence-corrected chi connectivity index (χ1v) is 16.8. The van der Waals surface area contributed by atoms with Crippen LogP contribution in [0, 0.1) is 0 Å². The van der Waals surface area contributed by atoms with Gasteiger partial charge in [0.05, 0.1) is 0 Å². The molecule has 0 aromatic carbocycles. The van der Waals surface area contributed by atoms with Crippen molar-refractivity contribution >= 4 is 0 Å². The SMILES string of the molecule is CCCCCCCCCCCCCCCCCCC(CCCC)c1nccn1C(C)CCCCCC. The Bertz CT molecular complexity index is 563. The molecule has 2 heteroatoms. The van der Waals surface area contributed by atoms with Gasteiger partial charge in [0.1, 0.15) is 5.82 Å². The molecule has 0 spiro atoms. The fraction of sp³-hybridized carbons (Fsp3) is 0.912. The summed E-state index contributed by atoms with van der Waals surface area (Å²) >= 11 is 0. The van der Waals surface area contributed by atoms with Crippen LogP contribution >= 0.6 is 0 Å². The van der Waals surface area contributed by atoms with Gasteiger partial charge in [-0.25, -0.2) is 4.98 Å². The van der Waals surface area contributed by atoms with Gasteiger partial charge in [0.15, 0.2) is 0 Å². The molecule has 1 heterocycles. The highest BCUT2D eigenvalue weighted by Crippen LogP contribution is 2.30. The number of hydrogen-bond donors (Lipinski definition) is 0. The van der Waals surface area contributed by atoms with Crippen molar-refractivity contribution in [3.63, 3.8) is 0 Å². The first-order chi connectivity index (χ1) is 17.7. The molecule has 212 valence electrons. The molecule has 2 atom stereocenters. The third-order valence-electron chi connectivity index (χ3n) is 8.33. The van der Waals surface area contributed by atoms with Crippen molar-refractivity contribution in [1.82, 2.24) is 9.55 Å². The summed E-state index contributed by atoms with van der Waals surface area (Å²) in [6.07, 6.45) is 39.4. The van der Waals surface area contributed by atoms with Gasteiger partial charge < -0.3 is 4.57 Å². The lowest BCUT2D eigenvalue weighted by Gasteiger charge is -2.22. The van der Waals surface area contributed by atoms with Crippen LogP contribution in [0.25, 0.3) is 0 Å². The topological polar surface area (TPSA) is 17.8 Å². The van der Waals surface area contributed by atoms with Crippen LogP contribution in [0.2, 0.25) is 0 Å². The zero-order chi connectivity index (χ0) is 26.1. The lowest BCUT2D eigenvalue weighted by molar-refractivity contribution is 0.417. The van der Waals surface area contributed by atoms with Crippen molar-refractivity contribution in [1.29, 1.82) is 0 Å². The molecule has 0 saturated heterocycles. The summed E-state index contributed by atoms with van der Waals surface area (Å²) in [6.45, 7) is 9.34. The standard InChI is InChI=1S/C34H66N2/c1-5-8-11-13-14-15-16-17-18-19-20-21-22-23-24-26-29-33(28-10-7-3)34-35-30-31-36(34)32(4)27-25-12-9-6-2/h30-33H,5-29H2,1-4H3. The average molecular weight is 503 g/mol. The van der Waals surface area contributed by atoms with Crippen molar-refractivity contribution in [3.05, 3.63) is 18.2 Å². The maximum Gasteiger partial charge on any atom is 0.111 e. The lowest BCUT2D eigenvalue weighted by Crippen LogP contribution is -2.13. The summed E-state index contributed by atoms with van der Waals surface area (Å²) in [4.78, 5) is 4.89. The van der Waals surface area contributed by atoms with Gasteiger partial charge in [-0.15, -0.1) is 0 Å². The summed E-state index contributed by atoms with van der Waals surface area (Å²) in [5, 5.41) is 0. The molecular formula is C34H66N2. The van der Waals surface area contributed by atoms with E-state index in [4.69, 9.17) is 4.98 Å². The van der Waals surface area contributed by atoms with Crippen LogP contribution in [0.5, 0.6) is 0 Å². The Hall–Kier alpha value is -0.790. The molecule has 2 unspecified atom stereocenters. The van der Waals surface area contributed by atoms with Crippen molar-refractivity contribution in [2.24, 2.45) is 0 Å². The predicted octanol–water partition coefficient (Wildman–Crippen LogP) is 12.3. The second-order valence-corrected chi connectivity index (χ2v) is 11.8. The summed E-state index contributed by atoms with van der Waals surface area (Å²) in [5.74, 6) is 2.04. The summed E-state index contributed by atoms with van der Waals surface area (Å²) in [6, 6.07) is 0.592. The maximum atomic E-state index is 4.89. The Morgan fingerprint density at radius 2 is 0.917 bits per heavy atom. The molecular weight excluding hydrogens is 436 g/mol. The van der Waals surface area contributed by atoms with Gasteiger partial charge in [-0.2, -0.15) is 0 Å². The Balaban J connectivity index is 2.15. The Kier molecular flexibility index (Phi) is 22.7. The predicted molar refractivity (Wildman–Crippen MR) is 162 cm³/mol. The quantitative estimate of drug-likeness (QED) is 0.109. The van der Waals surface area contributed by atoms with Crippen LogP contribution in [0.4, 0.5) is 0 Å². The molecule has 1 aromatic rings. The van der Waals surface area contributed by atoms with Gasteiger partial charge in [0.25, 0.3) is 0 Å². The Morgan fingerprint density at radius 3 is 1.42 bits per heavy atom. The number of aromatic nitrogens is 2. The van der Waals surface area contributed by atoms with E-state index in [1.165, 1.54) is 166 Å². The molecule has 36 heavy (non-hydrogen) atoms. The highest BCUT2D eigenvalue weighted by molar-refractivity contribution is 5.02. The van der Waals surface area contributed by atoms with Crippen molar-refractivity contribution in [2.45, 2.75) is 200 Å².